The van der Waals surface area contributed by atoms with E-state index in [1.165, 1.54) is 22.3 Å². The number of aryl methyl sites for hydroxylation is 2. The molecule has 3 unspecified atom stereocenters. The third kappa shape index (κ3) is 18.4. The van der Waals surface area contributed by atoms with E-state index in [4.69, 9.17) is 11.2 Å². The minimum atomic E-state index is -0.266. The molecule has 1 radical (unpaired) electrons. The molecule has 4 aromatic rings. The molecule has 2 aliphatic carbocycles. The number of ketones is 6. The molecule has 0 aromatic heterocycles. The summed E-state index contributed by atoms with van der Waals surface area (Å²) in [6.45, 7) is 19.6. The van der Waals surface area contributed by atoms with E-state index in [1.807, 2.05) is 58.0 Å². The van der Waals surface area contributed by atoms with Crippen LogP contribution in [-0.2, 0) is 52.8 Å². The van der Waals surface area contributed by atoms with Gasteiger partial charge in [0.1, 0.15) is 29.2 Å². The molecule has 76 heavy (non-hydrogen) atoms. The third-order valence-corrected chi connectivity index (χ3v) is 16.4. The Balaban J connectivity index is 0.000000748. The van der Waals surface area contributed by atoms with E-state index in [2.05, 4.69) is 98.3 Å². The minimum absolute atomic E-state index is 0. The number of benzene rings is 4. The highest BCUT2D eigenvalue weighted by atomic mass is 16.5. The van der Waals surface area contributed by atoms with Crippen LogP contribution in [0.4, 0.5) is 0 Å². The summed E-state index contributed by atoms with van der Waals surface area (Å²) in [5.41, 5.74) is 7.99. The predicted molar refractivity (Wildman–Crippen MR) is 314 cm³/mol. The monoisotopic (exact) mass is 1030 g/mol. The number of terminal acetylenes is 1. The first-order valence-electron chi connectivity index (χ1n) is 28.4. The van der Waals surface area contributed by atoms with Gasteiger partial charge in [0.15, 0.2) is 5.78 Å². The second-order valence-electron chi connectivity index (χ2n) is 22.7. The number of Topliss-reactive ketones (excluding diaryl/α,β-unsaturated/α-hetero) is 6. The summed E-state index contributed by atoms with van der Waals surface area (Å²) >= 11 is 0. The van der Waals surface area contributed by atoms with Gasteiger partial charge in [0.25, 0.3) is 0 Å². The van der Waals surface area contributed by atoms with Gasteiger partial charge < -0.3 is 4.74 Å². The molecule has 7 heteroatoms. The minimum Gasteiger partial charge on any atom is -0.370 e. The van der Waals surface area contributed by atoms with Crippen LogP contribution in [0.2, 0.25) is 0 Å². The number of carbonyl (C=O) groups is 6. The van der Waals surface area contributed by atoms with Crippen molar-refractivity contribution < 1.29 is 37.8 Å². The highest BCUT2D eigenvalue weighted by Crippen LogP contribution is 2.40. The maximum absolute atomic E-state index is 13.5. The summed E-state index contributed by atoms with van der Waals surface area (Å²) in [7, 11) is 0. The van der Waals surface area contributed by atoms with Gasteiger partial charge in [0, 0.05) is 66.2 Å². The smallest absolute Gasteiger partial charge is 0.205 e. The topological polar surface area (TPSA) is 112 Å². The van der Waals surface area contributed by atoms with E-state index in [9.17, 15) is 28.8 Å². The normalized spacial score (nSPS) is 19.6. The van der Waals surface area contributed by atoms with E-state index in [0.717, 1.165) is 87.3 Å². The van der Waals surface area contributed by atoms with Gasteiger partial charge in [-0.05, 0) is 147 Å². The van der Waals surface area contributed by atoms with E-state index in [1.54, 1.807) is 13.8 Å². The van der Waals surface area contributed by atoms with Gasteiger partial charge >= 0.3 is 0 Å². The molecule has 0 bridgehead atoms. The molecule has 0 spiro atoms. The lowest BCUT2D eigenvalue weighted by molar-refractivity contribution is -0.130. The lowest BCUT2D eigenvalue weighted by atomic mass is 9.72. The molecule has 0 N–H and O–H groups in total. The SMILES string of the molecule is C#CC(=O)CC[C@H](C(=O)CC1CCC[C@H]1C(=O)CCc1ccc(CCC(Cc2ccc(C(C)C(=O)[C@@H]3CCCC3=C)cc2)c2ccccc2)cc1)C(C)(C)C.CC(=O)[C@H](CCC(=O)[C@@H]1CCCO1)c1ccccc1.[CH2]C.[HH].[HH].[HH]. The van der Waals surface area contributed by atoms with Gasteiger partial charge in [-0.1, -0.05) is 169 Å². The van der Waals surface area contributed by atoms with E-state index in [-0.39, 0.29) is 86.6 Å². The van der Waals surface area contributed by atoms with Gasteiger partial charge in [-0.15, -0.1) is 6.42 Å². The molecule has 8 atom stereocenters. The fraction of sp³-hybridized carbons (Fsp3) is 0.493. The van der Waals surface area contributed by atoms with Gasteiger partial charge in [-0.2, -0.15) is 0 Å². The molecule has 1 saturated heterocycles. The lowest BCUT2D eigenvalue weighted by Gasteiger charge is -2.31. The third-order valence-electron chi connectivity index (χ3n) is 16.4. The summed E-state index contributed by atoms with van der Waals surface area (Å²) in [4.78, 5) is 75.7. The Labute approximate surface area is 461 Å². The van der Waals surface area contributed by atoms with Crippen molar-refractivity contribution in [2.75, 3.05) is 6.61 Å². The number of hydrogen-bond donors (Lipinski definition) is 0. The summed E-state index contributed by atoms with van der Waals surface area (Å²) < 4.78 is 5.38. The zero-order valence-corrected chi connectivity index (χ0v) is 46.8. The Morgan fingerprint density at radius 3 is 1.87 bits per heavy atom. The van der Waals surface area contributed by atoms with E-state index >= 15 is 0 Å². The van der Waals surface area contributed by atoms with Crippen molar-refractivity contribution in [1.29, 1.82) is 0 Å². The zero-order valence-electron chi connectivity index (χ0n) is 46.8. The Bertz CT molecular complexity index is 2550. The van der Waals surface area contributed by atoms with Crippen LogP contribution in [-0.4, -0.2) is 47.4 Å². The van der Waals surface area contributed by atoms with Crippen LogP contribution >= 0.6 is 0 Å². The van der Waals surface area contributed by atoms with Gasteiger partial charge in [-0.3, -0.25) is 28.8 Å². The largest absolute Gasteiger partial charge is 0.370 e. The van der Waals surface area contributed by atoms with Crippen LogP contribution in [0.3, 0.4) is 0 Å². The first-order valence-corrected chi connectivity index (χ1v) is 28.4. The highest BCUT2D eigenvalue weighted by molar-refractivity contribution is 5.95. The van der Waals surface area contributed by atoms with Crippen molar-refractivity contribution in [3.05, 3.63) is 162 Å². The zero-order chi connectivity index (χ0) is 55.2. The van der Waals surface area contributed by atoms with Crippen molar-refractivity contribution in [3.63, 3.8) is 0 Å². The van der Waals surface area contributed by atoms with Crippen LogP contribution in [0, 0.1) is 48.4 Å². The molecule has 3 fully saturated rings. The molecule has 4 aromatic carbocycles. The van der Waals surface area contributed by atoms with Gasteiger partial charge in [0.2, 0.25) is 5.78 Å². The molecule has 0 amide bonds. The first kappa shape index (κ1) is 61.0. The van der Waals surface area contributed by atoms with Crippen molar-refractivity contribution in [3.8, 4) is 12.3 Å². The molecular weight excluding hydrogens is 941 g/mol. The molecule has 3 aliphatic rings. The molecule has 411 valence electrons. The maximum Gasteiger partial charge on any atom is 0.205 e. The molecular formula is C69H93O7. The predicted octanol–water partition coefficient (Wildman–Crippen LogP) is 15.7. The van der Waals surface area contributed by atoms with Gasteiger partial charge in [-0.25, -0.2) is 0 Å². The molecule has 7 nitrogen and oxygen atoms in total. The van der Waals surface area contributed by atoms with E-state index in [0.29, 0.717) is 56.8 Å². The highest BCUT2D eigenvalue weighted by Gasteiger charge is 2.38. The average molecular weight is 1030 g/mol. The van der Waals surface area contributed by atoms with Crippen LogP contribution < -0.4 is 0 Å². The Kier molecular flexibility index (Phi) is 24.7. The molecule has 7 rings (SSSR count). The maximum atomic E-state index is 13.5. The summed E-state index contributed by atoms with van der Waals surface area (Å²) in [6.07, 6.45) is 18.8. The quantitative estimate of drug-likeness (QED) is 0.0369. The van der Waals surface area contributed by atoms with Crippen molar-refractivity contribution >= 4 is 34.7 Å². The second-order valence-corrected chi connectivity index (χ2v) is 22.7. The van der Waals surface area contributed by atoms with Crippen molar-refractivity contribution in [2.45, 2.75) is 181 Å². The van der Waals surface area contributed by atoms with Gasteiger partial charge in [0.05, 0.1) is 0 Å². The molecule has 2 saturated carbocycles. The average Bonchev–Trinajstić information content (AvgIpc) is 4.25. The summed E-state index contributed by atoms with van der Waals surface area (Å²) in [6, 6.07) is 37.9. The summed E-state index contributed by atoms with van der Waals surface area (Å²) in [5, 5.41) is 0. The first-order chi connectivity index (χ1) is 36.5. The van der Waals surface area contributed by atoms with E-state index < -0.39 is 0 Å². The summed E-state index contributed by atoms with van der Waals surface area (Å²) in [5.74, 6) is 2.76. The molecule has 1 heterocycles. The number of allylic oxidation sites excluding steroid dienone is 1. The standard InChI is InChI=1S/C51H62O4.C16H20O3.C2H5.3H2/c1-7-44(52)30-31-47(51(4,5)6)49(54)34-43-16-12-18-46(43)48(53)32-26-38-21-19-37(20-22-38)23-29-42(41-14-9-8-10-15-41)33-39-24-27-40(28-25-39)36(3)50(55)45-17-11-13-35(45)2;1-12(17)14(13-6-3-2-4-7-13)9-10-15(18)16-8-5-11-19-16;1-2;;;/h1,8-10,14-15,19-22,24-25,27-28,36,42-43,45-47H,2,11-13,16-18,23,26,29-34H2,3-6H3;2-4,6-7,14,16H,5,8-11H2,1H3;1H2,2H3;3*1H/t36?,42?,43?,45-,46-,47-;14-,16-;;;;/m10..../s1. The number of hydrogen-bond acceptors (Lipinski definition) is 7. The van der Waals surface area contributed by atoms with Crippen molar-refractivity contribution in [2.24, 2.45) is 29.1 Å². The molecule has 1 aliphatic heterocycles. The Morgan fingerprint density at radius 2 is 1.30 bits per heavy atom. The fourth-order valence-corrected chi connectivity index (χ4v) is 11.8. The lowest BCUT2D eigenvalue weighted by Crippen LogP contribution is -2.32. The number of ether oxygens (including phenoxy) is 1. The van der Waals surface area contributed by atoms with Crippen LogP contribution in [0.15, 0.2) is 121 Å². The van der Waals surface area contributed by atoms with Crippen LogP contribution in [0.25, 0.3) is 0 Å². The second kappa shape index (κ2) is 30.8. The van der Waals surface area contributed by atoms with Crippen LogP contribution in [0.1, 0.15) is 193 Å². The Morgan fingerprint density at radius 1 is 0.684 bits per heavy atom. The van der Waals surface area contributed by atoms with Crippen LogP contribution in [0.5, 0.6) is 0 Å². The number of rotatable bonds is 25. The number of carbonyl (C=O) groups excluding carboxylic acids is 6. The van der Waals surface area contributed by atoms with Crippen molar-refractivity contribution in [1.82, 2.24) is 0 Å². The Hall–Kier alpha value is -5.84. The fourth-order valence-electron chi connectivity index (χ4n) is 11.8.